The minimum Gasteiger partial charge on any atom is -0.449 e. The molecule has 3 radical (unpaired) electrons. The van der Waals surface area contributed by atoms with E-state index in [9.17, 15) is 22.5 Å². The fourth-order valence-corrected chi connectivity index (χ4v) is 9.85. The van der Waals surface area contributed by atoms with Crippen LogP contribution in [-0.4, -0.2) is 150 Å². The number of hydrogen-bond acceptors (Lipinski definition) is 16. The van der Waals surface area contributed by atoms with E-state index in [1.54, 1.807) is 43.4 Å². The second-order valence-corrected chi connectivity index (χ2v) is 23.2. The average Bonchev–Trinajstić information content (AvgIpc) is 1.35. The molecule has 507 valence electrons. The number of amides is 2. The van der Waals surface area contributed by atoms with Gasteiger partial charge in [-0.25, -0.2) is 39.9 Å². The second-order valence-electron chi connectivity index (χ2n) is 21.8. The van der Waals surface area contributed by atoms with E-state index in [0.29, 0.717) is 45.6 Å². The van der Waals surface area contributed by atoms with Crippen molar-refractivity contribution >= 4 is 77.2 Å². The van der Waals surface area contributed by atoms with Crippen LogP contribution in [0.3, 0.4) is 0 Å². The number of aryl methyl sites for hydroxylation is 8. The Morgan fingerprint density at radius 1 is 0.604 bits per heavy atom. The smallest absolute Gasteiger partial charge is 0.449 e. The maximum absolute atomic E-state index is 13.7. The molecule has 0 spiro atoms. The molecule has 2 aliphatic rings. The van der Waals surface area contributed by atoms with Crippen LogP contribution in [0.1, 0.15) is 131 Å². The first-order chi connectivity index (χ1) is 43.9. The fraction of sp³-hybridized carbons (Fsp3) is 0.406. The molecule has 32 heteroatoms. The molecule has 10 rings (SSSR count). The third-order valence-electron chi connectivity index (χ3n) is 14.3. The third kappa shape index (κ3) is 29.4. The molecule has 96 heavy (non-hydrogen) atoms. The van der Waals surface area contributed by atoms with Crippen molar-refractivity contribution < 1.29 is 130 Å². The van der Waals surface area contributed by atoms with Crippen molar-refractivity contribution in [3.63, 3.8) is 0 Å². The van der Waals surface area contributed by atoms with E-state index in [2.05, 4.69) is 107 Å². The summed E-state index contributed by atoms with van der Waals surface area (Å²) in [5.41, 5.74) is 12.0. The van der Waals surface area contributed by atoms with Crippen LogP contribution in [0.2, 0.25) is 27.3 Å². The van der Waals surface area contributed by atoms with Gasteiger partial charge < -0.3 is 33.0 Å². The summed E-state index contributed by atoms with van der Waals surface area (Å²) >= 11 is 22.2. The largest absolute Gasteiger partial charge is 1.00 e. The minimum absolute atomic E-state index is 0. The summed E-state index contributed by atoms with van der Waals surface area (Å²) < 4.78 is 33.1. The monoisotopic (exact) mass is 1530 g/mol. The first kappa shape index (κ1) is 89.6. The van der Waals surface area contributed by atoms with Gasteiger partial charge in [-0.15, -0.1) is 12.7 Å². The Labute approximate surface area is 660 Å². The Hall–Kier alpha value is -4.38. The number of rotatable bonds is 12. The standard InChI is InChI=1S/C24H31N7O.C16H21N5O.C8H11ClN2.C8H9ClN2.C5H4Cl2N2.C3H5BF3.K.3V/c1-5-6-21-18(3)16-25-24(28-21)29-12-9-19(4)30(14-13-29)23(32)20-15-17(2)7-8-22(20)31-26-10-11-27-31;1-12-3-4-15(21-18-7-8-19-21)14(11-12)16(22)20-10-9-17-6-5-13(20)2;2*1-3-4-7-6(2)5-10-8(9)11-7;1-3-2-8-5(7)9-4(3)6;1-2-3-4(5,6)7;;;;/h7-8,10-11,15-16,19H,5-6,9,12-14H2,1-4H3;3-4,7-8,11,13,17H,5-6,9-10H2,1-2H3;5H,3-4H2,1-2H3;3-5H,1-2H3;2H,1H3;2H,1,3H2;;;;/q;;;;;-1;+1;;;/b;;;4-3+;;;;;;/t19-;13-;;;;;;;;/m11......../s1. The van der Waals surface area contributed by atoms with Gasteiger partial charge in [-0.2, -0.15) is 30.0 Å². The second kappa shape index (κ2) is 46.1. The van der Waals surface area contributed by atoms with Gasteiger partial charge in [0, 0.05) is 142 Å². The van der Waals surface area contributed by atoms with Crippen LogP contribution < -0.4 is 61.6 Å². The molecule has 2 aromatic carbocycles. The Morgan fingerprint density at radius 3 is 1.53 bits per heavy atom. The predicted molar refractivity (Wildman–Crippen MR) is 361 cm³/mol. The van der Waals surface area contributed by atoms with Gasteiger partial charge in [0.25, 0.3) is 11.8 Å². The van der Waals surface area contributed by atoms with E-state index >= 15 is 0 Å². The Kier molecular flexibility index (Phi) is 43.1. The molecule has 0 saturated carbocycles. The molecule has 0 aliphatic carbocycles. The van der Waals surface area contributed by atoms with Gasteiger partial charge in [0.05, 0.1) is 53.0 Å². The molecule has 1 N–H and O–H groups in total. The number of nitrogens with one attached hydrogen (secondary N) is 1. The molecule has 2 atom stereocenters. The Morgan fingerprint density at radius 2 is 1.06 bits per heavy atom. The zero-order valence-corrected chi connectivity index (χ0v) is 66.7. The molecule has 20 nitrogen and oxygen atoms in total. The van der Waals surface area contributed by atoms with Crippen molar-refractivity contribution in [1.82, 2.24) is 85.0 Å². The molecule has 0 unspecified atom stereocenters. The van der Waals surface area contributed by atoms with Crippen LogP contribution in [0.15, 0.2) is 105 Å². The maximum atomic E-state index is 13.7. The quantitative estimate of drug-likeness (QED) is 0.0520. The van der Waals surface area contributed by atoms with Gasteiger partial charge in [-0.3, -0.25) is 9.59 Å². The topological polar surface area (TPSA) is 220 Å². The molecule has 0 bridgehead atoms. The van der Waals surface area contributed by atoms with Crippen molar-refractivity contribution in [2.45, 2.75) is 133 Å². The summed E-state index contributed by atoms with van der Waals surface area (Å²) in [6.07, 6.45) is 23.2. The summed E-state index contributed by atoms with van der Waals surface area (Å²) in [6, 6.07) is 11.9. The van der Waals surface area contributed by atoms with E-state index in [0.717, 1.165) is 133 Å². The van der Waals surface area contributed by atoms with Gasteiger partial charge in [0.2, 0.25) is 21.8 Å². The molecule has 2 fully saturated rings. The van der Waals surface area contributed by atoms with Gasteiger partial charge >= 0.3 is 58.4 Å². The van der Waals surface area contributed by atoms with E-state index < -0.39 is 13.3 Å². The predicted octanol–water partition coefficient (Wildman–Crippen LogP) is 10.7. The van der Waals surface area contributed by atoms with Gasteiger partial charge in [0.15, 0.2) is 0 Å². The molecule has 8 heterocycles. The number of halogens is 7. The average molecular weight is 1540 g/mol. The first-order valence-corrected chi connectivity index (χ1v) is 31.8. The van der Waals surface area contributed by atoms with Crippen LogP contribution in [0, 0.1) is 41.5 Å². The van der Waals surface area contributed by atoms with Crippen LogP contribution in [0.25, 0.3) is 17.5 Å². The number of allylic oxidation sites excluding steroid dienone is 2. The SMILES string of the molecule is C/C=C/c1nc(Cl)ncc1C.C=CC[B-](F)(F)F.CCCc1nc(Cl)ncc1C.CCCc1nc(N2CC[C@@H](C)N(C(=O)c3cc(C)ccc3-n3nccn3)CC2)ncc1C.Cc1ccc(-n2nccn2)c(C(=O)N2CCNCC[C@H]2C)c1.Cc1cnc(Cl)nc1Cl.[K+].[V].[V].[V]. The van der Waals surface area contributed by atoms with Crippen LogP contribution >= 0.6 is 46.4 Å². The van der Waals surface area contributed by atoms with Gasteiger partial charge in [0.1, 0.15) is 5.15 Å². The van der Waals surface area contributed by atoms with E-state index in [1.807, 2.05) is 106 Å². The number of anilines is 1. The molecule has 8 aromatic rings. The maximum Gasteiger partial charge on any atom is 1.00 e. The van der Waals surface area contributed by atoms with Crippen molar-refractivity contribution in [2.24, 2.45) is 0 Å². The van der Waals surface area contributed by atoms with Crippen molar-refractivity contribution in [3.05, 3.63) is 187 Å². The van der Waals surface area contributed by atoms with Crippen LogP contribution in [0.5, 0.6) is 0 Å². The minimum atomic E-state index is -4.61. The number of nitrogens with zero attached hydrogens (tertiary/aromatic N) is 17. The number of carbonyl (C=O) groups excluding carboxylic acids is 2. The van der Waals surface area contributed by atoms with Gasteiger partial charge in [-0.1, -0.05) is 73.9 Å². The van der Waals surface area contributed by atoms with Gasteiger partial charge in [-0.05, 0) is 176 Å². The molecular weight excluding hydrogens is 1450 g/mol. The van der Waals surface area contributed by atoms with Crippen molar-refractivity contribution in [2.75, 3.05) is 44.2 Å². The summed E-state index contributed by atoms with van der Waals surface area (Å²) in [4.78, 5) is 68.5. The first-order valence-electron chi connectivity index (χ1n) is 30.3. The summed E-state index contributed by atoms with van der Waals surface area (Å²) in [5.74, 6) is 0.816. The van der Waals surface area contributed by atoms with E-state index in [-0.39, 0.29) is 136 Å². The zero-order chi connectivity index (χ0) is 67.5. The summed E-state index contributed by atoms with van der Waals surface area (Å²) in [6.45, 7) is 25.2. The van der Waals surface area contributed by atoms with E-state index in [4.69, 9.17) is 51.4 Å². The summed E-state index contributed by atoms with van der Waals surface area (Å²) in [5, 5.41) is 21.4. The summed E-state index contributed by atoms with van der Waals surface area (Å²) in [7, 11) is 0. The third-order valence-corrected chi connectivity index (χ3v) is 15.2. The Bertz CT molecular complexity index is 3690. The molecule has 2 amide bonds. The number of benzene rings is 2. The van der Waals surface area contributed by atoms with E-state index in [1.165, 1.54) is 9.59 Å². The molecule has 2 aliphatic heterocycles. The number of carbonyl (C=O) groups is 2. The molecule has 2 saturated heterocycles. The number of hydrogen-bond donors (Lipinski definition) is 1. The normalized spacial score (nSPS) is 14.1. The van der Waals surface area contributed by atoms with Crippen LogP contribution in [-0.2, 0) is 68.5 Å². The Balaban J connectivity index is 0.000000624. The van der Waals surface area contributed by atoms with Crippen molar-refractivity contribution in [3.8, 4) is 11.4 Å². The fourth-order valence-electron chi connectivity index (χ4n) is 9.26. The molecular formula is C64H81BCl4F3KN18O2V3. The van der Waals surface area contributed by atoms with Crippen molar-refractivity contribution in [1.29, 1.82) is 0 Å². The zero-order valence-electron chi connectivity index (χ0n) is 56.4. The van der Waals surface area contributed by atoms with Crippen LogP contribution in [0.4, 0.5) is 18.9 Å². The molecule has 6 aromatic heterocycles. The number of aromatic nitrogens is 14.